The first-order chi connectivity index (χ1) is 14.1. The van der Waals surface area contributed by atoms with Gasteiger partial charge in [-0.3, -0.25) is 9.59 Å². The molecule has 0 heterocycles. The van der Waals surface area contributed by atoms with E-state index in [1.807, 2.05) is 32.0 Å². The molecule has 2 aromatic rings. The highest BCUT2D eigenvalue weighted by molar-refractivity contribution is 8.00. The van der Waals surface area contributed by atoms with Gasteiger partial charge in [0.2, 0.25) is 15.9 Å². The number of carboxylic acids is 1. The van der Waals surface area contributed by atoms with E-state index < -0.39 is 22.0 Å². The van der Waals surface area contributed by atoms with Gasteiger partial charge in [-0.05, 0) is 61.4 Å². The number of carbonyl (C=O) groups is 2. The molecule has 0 aliphatic carbocycles. The Balaban J connectivity index is 1.93. The second-order valence-corrected chi connectivity index (χ2v) is 9.37. The number of hydrogen-bond acceptors (Lipinski definition) is 6. The summed E-state index contributed by atoms with van der Waals surface area (Å²) in [5.41, 5.74) is 2.68. The summed E-state index contributed by atoms with van der Waals surface area (Å²) in [6.07, 6.45) is 0. The minimum absolute atomic E-state index is 0.0129. The number of nitrogens with one attached hydrogen (secondary N) is 2. The van der Waals surface area contributed by atoms with E-state index in [1.54, 1.807) is 0 Å². The first kappa shape index (κ1) is 23.7. The molecule has 3 N–H and O–H groups in total. The van der Waals surface area contributed by atoms with Gasteiger partial charge in [0.05, 0.1) is 17.8 Å². The van der Waals surface area contributed by atoms with Crippen molar-refractivity contribution in [1.29, 1.82) is 0 Å². The zero-order chi connectivity index (χ0) is 22.3. The standard InChI is InChI=1S/C20H24N2O6S2/c1-13-8-14(2)10-15(9-13)21-19(23)12-29-11-18(20(24)25)22-30(26,27)17-6-4-16(28-3)5-7-17/h4-10,18,22H,11-12H2,1-3H3,(H,21,23)(H,24,25). The Morgan fingerprint density at radius 2 is 1.70 bits per heavy atom. The fourth-order valence-electron chi connectivity index (χ4n) is 2.68. The van der Waals surface area contributed by atoms with Crippen LogP contribution in [0.5, 0.6) is 5.75 Å². The zero-order valence-corrected chi connectivity index (χ0v) is 18.5. The molecule has 0 fully saturated rings. The summed E-state index contributed by atoms with van der Waals surface area (Å²) in [6.45, 7) is 3.84. The molecule has 0 saturated heterocycles. The van der Waals surface area contributed by atoms with Crippen molar-refractivity contribution in [2.45, 2.75) is 24.8 Å². The predicted molar refractivity (Wildman–Crippen MR) is 117 cm³/mol. The van der Waals surface area contributed by atoms with Gasteiger partial charge in [0.1, 0.15) is 11.8 Å². The van der Waals surface area contributed by atoms with E-state index in [0.717, 1.165) is 22.9 Å². The van der Waals surface area contributed by atoms with E-state index in [-0.39, 0.29) is 22.3 Å². The van der Waals surface area contributed by atoms with Crippen molar-refractivity contribution in [2.24, 2.45) is 0 Å². The normalized spacial score (nSPS) is 12.2. The van der Waals surface area contributed by atoms with Crippen LogP contribution >= 0.6 is 11.8 Å². The summed E-state index contributed by atoms with van der Waals surface area (Å²) in [7, 11) is -2.58. The molecule has 1 amide bonds. The molecule has 0 aliphatic heterocycles. The summed E-state index contributed by atoms with van der Waals surface area (Å²) in [5.74, 6) is -1.26. The number of rotatable bonds is 10. The van der Waals surface area contributed by atoms with Gasteiger partial charge in [0.25, 0.3) is 0 Å². The van der Waals surface area contributed by atoms with Crippen molar-refractivity contribution in [3.8, 4) is 5.75 Å². The third kappa shape index (κ3) is 7.05. The molecule has 2 aromatic carbocycles. The number of hydrogen-bond donors (Lipinski definition) is 3. The van der Waals surface area contributed by atoms with Gasteiger partial charge in [-0.15, -0.1) is 11.8 Å². The number of benzene rings is 2. The Morgan fingerprint density at radius 1 is 1.10 bits per heavy atom. The smallest absolute Gasteiger partial charge is 0.322 e. The number of amides is 1. The van der Waals surface area contributed by atoms with Crippen molar-refractivity contribution < 1.29 is 27.9 Å². The Bertz CT molecular complexity index is 986. The summed E-state index contributed by atoms with van der Waals surface area (Å²) in [6, 6.07) is 9.85. The maximum Gasteiger partial charge on any atom is 0.322 e. The van der Waals surface area contributed by atoms with Crippen molar-refractivity contribution in [3.63, 3.8) is 0 Å². The highest BCUT2D eigenvalue weighted by Gasteiger charge is 2.25. The molecule has 162 valence electrons. The lowest BCUT2D eigenvalue weighted by molar-refractivity contribution is -0.138. The van der Waals surface area contributed by atoms with Crippen LogP contribution in [-0.4, -0.2) is 50.1 Å². The van der Waals surface area contributed by atoms with E-state index >= 15 is 0 Å². The Labute approximate surface area is 180 Å². The second-order valence-electron chi connectivity index (χ2n) is 6.63. The summed E-state index contributed by atoms with van der Waals surface area (Å²) < 4.78 is 32.0. The van der Waals surface area contributed by atoms with E-state index in [1.165, 1.54) is 31.4 Å². The number of methoxy groups -OCH3 is 1. The largest absolute Gasteiger partial charge is 0.497 e. The van der Waals surface area contributed by atoms with Crippen LogP contribution in [0.25, 0.3) is 0 Å². The van der Waals surface area contributed by atoms with Gasteiger partial charge in [0, 0.05) is 11.4 Å². The molecular formula is C20H24N2O6S2. The third-order valence-corrected chi connectivity index (χ3v) is 6.51. The molecule has 8 nitrogen and oxygen atoms in total. The summed E-state index contributed by atoms with van der Waals surface area (Å²) >= 11 is 1.03. The van der Waals surface area contributed by atoms with Crippen molar-refractivity contribution in [3.05, 3.63) is 53.6 Å². The van der Waals surface area contributed by atoms with Crippen LogP contribution in [0.2, 0.25) is 0 Å². The highest BCUT2D eigenvalue weighted by Crippen LogP contribution is 2.17. The van der Waals surface area contributed by atoms with Crippen molar-refractivity contribution >= 4 is 39.3 Å². The van der Waals surface area contributed by atoms with Crippen LogP contribution in [0.3, 0.4) is 0 Å². The Morgan fingerprint density at radius 3 is 2.23 bits per heavy atom. The monoisotopic (exact) mass is 452 g/mol. The molecule has 30 heavy (non-hydrogen) atoms. The lowest BCUT2D eigenvalue weighted by atomic mass is 10.1. The van der Waals surface area contributed by atoms with Crippen LogP contribution in [-0.2, 0) is 19.6 Å². The molecule has 1 atom stereocenters. The topological polar surface area (TPSA) is 122 Å². The molecule has 0 bridgehead atoms. The fraction of sp³-hybridized carbons (Fsp3) is 0.300. The average Bonchev–Trinajstić information content (AvgIpc) is 2.66. The minimum atomic E-state index is -4.04. The molecule has 0 aromatic heterocycles. The average molecular weight is 453 g/mol. The number of thioether (sulfide) groups is 1. The Kier molecular flexibility index (Phi) is 8.27. The molecule has 10 heteroatoms. The molecule has 0 saturated carbocycles. The maximum atomic E-state index is 12.4. The zero-order valence-electron chi connectivity index (χ0n) is 16.8. The first-order valence-corrected chi connectivity index (χ1v) is 11.6. The van der Waals surface area contributed by atoms with Gasteiger partial charge < -0.3 is 15.2 Å². The highest BCUT2D eigenvalue weighted by atomic mass is 32.2. The quantitative estimate of drug-likeness (QED) is 0.506. The SMILES string of the molecule is COc1ccc(S(=O)(=O)NC(CSCC(=O)Nc2cc(C)cc(C)c2)C(=O)O)cc1. The first-order valence-electron chi connectivity index (χ1n) is 8.96. The molecule has 0 aliphatic rings. The maximum absolute atomic E-state index is 12.4. The predicted octanol–water partition coefficient (Wildman–Crippen LogP) is 2.42. The third-order valence-electron chi connectivity index (χ3n) is 3.99. The summed E-state index contributed by atoms with van der Waals surface area (Å²) in [5, 5.41) is 12.1. The van der Waals surface area contributed by atoms with Crippen molar-refractivity contribution in [1.82, 2.24) is 4.72 Å². The van der Waals surface area contributed by atoms with Gasteiger partial charge in [0.15, 0.2) is 0 Å². The van der Waals surface area contributed by atoms with E-state index in [0.29, 0.717) is 11.4 Å². The van der Waals surface area contributed by atoms with E-state index in [4.69, 9.17) is 4.74 Å². The van der Waals surface area contributed by atoms with Crippen LogP contribution in [0.15, 0.2) is 47.4 Å². The van der Waals surface area contributed by atoms with Crippen LogP contribution < -0.4 is 14.8 Å². The van der Waals surface area contributed by atoms with Gasteiger partial charge in [-0.1, -0.05) is 6.07 Å². The molecule has 0 spiro atoms. The number of anilines is 1. The van der Waals surface area contributed by atoms with Gasteiger partial charge in [-0.2, -0.15) is 4.72 Å². The molecule has 0 radical (unpaired) electrons. The lowest BCUT2D eigenvalue weighted by Gasteiger charge is -2.15. The van der Waals surface area contributed by atoms with Crippen LogP contribution in [0, 0.1) is 13.8 Å². The van der Waals surface area contributed by atoms with Gasteiger partial charge >= 0.3 is 5.97 Å². The van der Waals surface area contributed by atoms with Gasteiger partial charge in [-0.25, -0.2) is 8.42 Å². The number of sulfonamides is 1. The minimum Gasteiger partial charge on any atom is -0.497 e. The molecule has 1 unspecified atom stereocenters. The van der Waals surface area contributed by atoms with Crippen molar-refractivity contribution in [2.75, 3.05) is 23.9 Å². The summed E-state index contributed by atoms with van der Waals surface area (Å²) in [4.78, 5) is 23.5. The second kappa shape index (κ2) is 10.5. The number of aliphatic carboxylic acids is 1. The molecule has 2 rings (SSSR count). The van der Waals surface area contributed by atoms with Crippen LogP contribution in [0.1, 0.15) is 11.1 Å². The van der Waals surface area contributed by atoms with E-state index in [2.05, 4.69) is 10.0 Å². The molecular weight excluding hydrogens is 428 g/mol. The Hall–Kier alpha value is -2.56. The number of aryl methyl sites for hydroxylation is 2. The van der Waals surface area contributed by atoms with E-state index in [9.17, 15) is 23.1 Å². The number of carbonyl (C=O) groups excluding carboxylic acids is 1. The number of ether oxygens (including phenoxy) is 1. The lowest BCUT2D eigenvalue weighted by Crippen LogP contribution is -2.42. The van der Waals surface area contributed by atoms with Crippen LogP contribution in [0.4, 0.5) is 5.69 Å². The fourth-order valence-corrected chi connectivity index (χ4v) is 4.81. The number of carboxylic acid groups (broad SMARTS) is 1.